The molecule has 0 spiro atoms. The van der Waals surface area contributed by atoms with Crippen molar-refractivity contribution in [2.45, 2.75) is 45.2 Å². The van der Waals surface area contributed by atoms with Gasteiger partial charge in [0.15, 0.2) is 5.78 Å². The smallest absolute Gasteiger partial charge is 0.299 e. The average molecular weight is 451 g/mol. The maximum atomic E-state index is 13.0. The maximum Gasteiger partial charge on any atom is 0.416 e. The SMILES string of the molecule is CC1C=C(C(F)(F)F)C=C(CC(=O)CCc2ccc(Cc3cccc4c3C=CC4)cc2)C1=O. The molecule has 0 bridgehead atoms. The van der Waals surface area contributed by atoms with Gasteiger partial charge in [0.25, 0.3) is 0 Å². The molecule has 0 amide bonds. The number of rotatable bonds is 7. The average Bonchev–Trinajstić information content (AvgIpc) is 3.25. The zero-order valence-corrected chi connectivity index (χ0v) is 18.4. The number of halogens is 3. The molecule has 0 heterocycles. The first-order valence-electron chi connectivity index (χ1n) is 11.1. The zero-order chi connectivity index (χ0) is 23.6. The van der Waals surface area contributed by atoms with Crippen molar-refractivity contribution in [2.75, 3.05) is 0 Å². The zero-order valence-electron chi connectivity index (χ0n) is 18.4. The number of benzene rings is 2. The number of hydrogen-bond donors (Lipinski definition) is 0. The lowest BCUT2D eigenvalue weighted by atomic mass is 9.87. The lowest BCUT2D eigenvalue weighted by molar-refractivity contribution is -0.122. The Kier molecular flexibility index (Phi) is 6.50. The van der Waals surface area contributed by atoms with E-state index in [4.69, 9.17) is 0 Å². The third-order valence-corrected chi connectivity index (χ3v) is 6.22. The monoisotopic (exact) mass is 450 g/mol. The van der Waals surface area contributed by atoms with Crippen LogP contribution >= 0.6 is 0 Å². The molecular weight excluding hydrogens is 425 g/mol. The van der Waals surface area contributed by atoms with Gasteiger partial charge in [0.1, 0.15) is 5.78 Å². The summed E-state index contributed by atoms with van der Waals surface area (Å²) >= 11 is 0. The quantitative estimate of drug-likeness (QED) is 0.491. The Morgan fingerprint density at radius 2 is 1.79 bits per heavy atom. The highest BCUT2D eigenvalue weighted by molar-refractivity contribution is 6.04. The number of carbonyl (C=O) groups is 2. The molecule has 0 saturated carbocycles. The van der Waals surface area contributed by atoms with Crippen LogP contribution in [0.2, 0.25) is 0 Å². The van der Waals surface area contributed by atoms with Crippen molar-refractivity contribution < 1.29 is 22.8 Å². The molecule has 1 atom stereocenters. The van der Waals surface area contributed by atoms with E-state index in [0.717, 1.165) is 30.6 Å². The molecule has 2 aromatic rings. The van der Waals surface area contributed by atoms with E-state index in [-0.39, 0.29) is 24.2 Å². The molecule has 1 unspecified atom stereocenters. The Balaban J connectivity index is 1.34. The van der Waals surface area contributed by atoms with E-state index in [1.54, 1.807) is 0 Å². The third kappa shape index (κ3) is 5.41. The number of allylic oxidation sites excluding steroid dienone is 5. The van der Waals surface area contributed by atoms with Crippen LogP contribution in [0.25, 0.3) is 6.08 Å². The second kappa shape index (κ2) is 9.34. The predicted octanol–water partition coefficient (Wildman–Crippen LogP) is 6.37. The van der Waals surface area contributed by atoms with Crippen LogP contribution in [0.5, 0.6) is 0 Å². The number of hydrogen-bond acceptors (Lipinski definition) is 2. The molecule has 170 valence electrons. The Morgan fingerprint density at radius 3 is 2.52 bits per heavy atom. The molecule has 5 heteroatoms. The summed E-state index contributed by atoms with van der Waals surface area (Å²) < 4.78 is 39.1. The molecule has 0 fully saturated rings. The fourth-order valence-electron chi connectivity index (χ4n) is 4.40. The van der Waals surface area contributed by atoms with Crippen molar-refractivity contribution in [1.82, 2.24) is 0 Å². The van der Waals surface area contributed by atoms with Crippen LogP contribution in [0.4, 0.5) is 13.2 Å². The van der Waals surface area contributed by atoms with E-state index in [0.29, 0.717) is 6.42 Å². The van der Waals surface area contributed by atoms with E-state index >= 15 is 0 Å². The fourth-order valence-corrected chi connectivity index (χ4v) is 4.40. The minimum Gasteiger partial charge on any atom is -0.299 e. The topological polar surface area (TPSA) is 34.1 Å². The number of fused-ring (bicyclic) bond motifs is 1. The summed E-state index contributed by atoms with van der Waals surface area (Å²) in [5.41, 5.74) is 5.19. The fraction of sp³-hybridized carbons (Fsp3) is 0.286. The van der Waals surface area contributed by atoms with Crippen LogP contribution < -0.4 is 0 Å². The maximum absolute atomic E-state index is 13.0. The van der Waals surface area contributed by atoms with Crippen molar-refractivity contribution in [1.29, 1.82) is 0 Å². The summed E-state index contributed by atoms with van der Waals surface area (Å²) in [5.74, 6) is -1.52. The van der Waals surface area contributed by atoms with Gasteiger partial charge in [0, 0.05) is 24.3 Å². The van der Waals surface area contributed by atoms with Crippen LogP contribution in [-0.4, -0.2) is 17.7 Å². The minimum atomic E-state index is -4.53. The van der Waals surface area contributed by atoms with Gasteiger partial charge in [-0.05, 0) is 53.2 Å². The largest absolute Gasteiger partial charge is 0.416 e. The van der Waals surface area contributed by atoms with Crippen molar-refractivity contribution in [3.63, 3.8) is 0 Å². The Bertz CT molecular complexity index is 1160. The molecule has 2 aromatic carbocycles. The molecule has 0 N–H and O–H groups in total. The lowest BCUT2D eigenvalue weighted by Crippen LogP contribution is -2.23. The summed E-state index contributed by atoms with van der Waals surface area (Å²) in [6.45, 7) is 1.42. The summed E-state index contributed by atoms with van der Waals surface area (Å²) in [5, 5.41) is 0. The summed E-state index contributed by atoms with van der Waals surface area (Å²) in [4.78, 5) is 24.6. The van der Waals surface area contributed by atoms with Crippen LogP contribution in [0.1, 0.15) is 47.6 Å². The molecule has 2 nitrogen and oxygen atoms in total. The van der Waals surface area contributed by atoms with Crippen LogP contribution in [0, 0.1) is 5.92 Å². The second-order valence-corrected chi connectivity index (χ2v) is 8.75. The summed E-state index contributed by atoms with van der Waals surface area (Å²) in [6.07, 6.45) is 3.77. The highest BCUT2D eigenvalue weighted by Crippen LogP contribution is 2.33. The van der Waals surface area contributed by atoms with Crippen molar-refractivity contribution >= 4 is 17.6 Å². The molecule has 2 aliphatic carbocycles. The Morgan fingerprint density at radius 1 is 1.06 bits per heavy atom. The predicted molar refractivity (Wildman–Crippen MR) is 123 cm³/mol. The Hall–Kier alpha value is -3.21. The van der Waals surface area contributed by atoms with Crippen molar-refractivity contribution in [2.24, 2.45) is 5.92 Å². The standard InChI is InChI=1S/C28H25F3O2/c1-18-14-24(28(29,30)31)16-23(27(18)33)17-25(32)13-12-19-8-10-20(11-9-19)15-22-6-2-4-21-5-3-7-26(21)22/h2-4,6-11,14,16,18H,5,12-13,15,17H2,1H3. The number of Topliss-reactive ketones (excluding diaryl/α,β-unsaturated/α-hetero) is 2. The van der Waals surface area contributed by atoms with Gasteiger partial charge in [0.05, 0.1) is 5.57 Å². The van der Waals surface area contributed by atoms with Crippen LogP contribution in [-0.2, 0) is 28.9 Å². The molecule has 0 saturated heterocycles. The van der Waals surface area contributed by atoms with Crippen molar-refractivity contribution in [3.05, 3.63) is 99.7 Å². The van der Waals surface area contributed by atoms with E-state index in [2.05, 4.69) is 30.4 Å². The normalized spacial score (nSPS) is 17.6. The molecular formula is C28H25F3O2. The minimum absolute atomic E-state index is 0.0536. The van der Waals surface area contributed by atoms with Gasteiger partial charge in [-0.1, -0.05) is 67.6 Å². The van der Waals surface area contributed by atoms with E-state index in [1.807, 2.05) is 24.3 Å². The van der Waals surface area contributed by atoms with Gasteiger partial charge in [-0.3, -0.25) is 9.59 Å². The van der Waals surface area contributed by atoms with Gasteiger partial charge in [-0.15, -0.1) is 0 Å². The van der Waals surface area contributed by atoms with Gasteiger partial charge < -0.3 is 0 Å². The number of alkyl halides is 3. The number of aryl methyl sites for hydroxylation is 1. The van der Waals surface area contributed by atoms with Crippen LogP contribution in [0.3, 0.4) is 0 Å². The summed E-state index contributed by atoms with van der Waals surface area (Å²) in [6, 6.07) is 14.4. The number of ketones is 2. The molecule has 33 heavy (non-hydrogen) atoms. The van der Waals surface area contributed by atoms with Gasteiger partial charge in [-0.25, -0.2) is 0 Å². The molecule has 2 aliphatic rings. The number of carbonyl (C=O) groups excluding carboxylic acids is 2. The second-order valence-electron chi connectivity index (χ2n) is 8.75. The van der Waals surface area contributed by atoms with Gasteiger partial charge >= 0.3 is 6.18 Å². The first-order valence-corrected chi connectivity index (χ1v) is 11.1. The summed E-state index contributed by atoms with van der Waals surface area (Å²) in [7, 11) is 0. The third-order valence-electron chi connectivity index (χ3n) is 6.22. The Labute approximate surface area is 191 Å². The van der Waals surface area contributed by atoms with E-state index in [1.165, 1.54) is 29.2 Å². The van der Waals surface area contributed by atoms with Crippen LogP contribution in [0.15, 0.2) is 71.8 Å². The van der Waals surface area contributed by atoms with E-state index in [9.17, 15) is 22.8 Å². The highest BCUT2D eigenvalue weighted by Gasteiger charge is 2.36. The molecule has 4 rings (SSSR count). The highest BCUT2D eigenvalue weighted by atomic mass is 19.4. The first-order chi connectivity index (χ1) is 15.7. The van der Waals surface area contributed by atoms with E-state index < -0.39 is 23.5 Å². The van der Waals surface area contributed by atoms with Gasteiger partial charge in [0.2, 0.25) is 0 Å². The van der Waals surface area contributed by atoms with Crippen molar-refractivity contribution in [3.8, 4) is 0 Å². The molecule has 0 radical (unpaired) electrons. The first kappa shape index (κ1) is 23.0. The lowest BCUT2D eigenvalue weighted by Gasteiger charge is -2.19. The molecule has 0 aliphatic heterocycles. The van der Waals surface area contributed by atoms with Gasteiger partial charge in [-0.2, -0.15) is 13.2 Å². The molecule has 0 aromatic heterocycles.